The lowest BCUT2D eigenvalue weighted by molar-refractivity contribution is 0.210. The molecule has 2 heterocycles. The van der Waals surface area contributed by atoms with E-state index >= 15 is 0 Å². The summed E-state index contributed by atoms with van der Waals surface area (Å²) >= 11 is 0. The van der Waals surface area contributed by atoms with Crippen LogP contribution in [0.25, 0.3) is 10.9 Å². The number of anilines is 2. The fourth-order valence-electron chi connectivity index (χ4n) is 2.59. The minimum Gasteiger partial charge on any atom is -0.380 e. The Hall–Kier alpha value is -3.39. The van der Waals surface area contributed by atoms with Crippen molar-refractivity contribution in [3.8, 4) is 0 Å². The molecule has 0 saturated carbocycles. The van der Waals surface area contributed by atoms with Crippen LogP contribution >= 0.6 is 0 Å². The van der Waals surface area contributed by atoms with Crippen LogP contribution in [0.15, 0.2) is 54.7 Å². The summed E-state index contributed by atoms with van der Waals surface area (Å²) in [6.45, 7) is 0. The number of aliphatic hydroxyl groups excluding tert-OH is 1. The number of rotatable bonds is 4. The molecule has 0 bridgehead atoms. The van der Waals surface area contributed by atoms with E-state index in [9.17, 15) is 13.9 Å². The summed E-state index contributed by atoms with van der Waals surface area (Å²) in [4.78, 5) is 8.63. The first-order valence-corrected chi connectivity index (χ1v) is 7.77. The average molecular weight is 353 g/mol. The molecule has 0 amide bonds. The standard InChI is InChI=1S/C18H13F2N5O/c19-11-3-1-10(2-4-11)16(26)18-22-14-9-12(20)5-6-13(14)17(24-18)23-15-7-8-21-25-15/h1-9,16,26H,(H2,21,22,23,24,25). The molecule has 2 aromatic carbocycles. The number of halogens is 2. The van der Waals surface area contributed by atoms with Crippen molar-refractivity contribution in [3.63, 3.8) is 0 Å². The van der Waals surface area contributed by atoms with Crippen molar-refractivity contribution in [2.75, 3.05) is 5.32 Å². The quantitative estimate of drug-likeness (QED) is 0.523. The molecule has 0 radical (unpaired) electrons. The molecule has 4 rings (SSSR count). The predicted molar refractivity (Wildman–Crippen MR) is 91.8 cm³/mol. The second-order valence-electron chi connectivity index (χ2n) is 5.64. The Balaban J connectivity index is 1.82. The van der Waals surface area contributed by atoms with Crippen molar-refractivity contribution >= 4 is 22.5 Å². The van der Waals surface area contributed by atoms with Gasteiger partial charge in [-0.25, -0.2) is 18.7 Å². The maximum absolute atomic E-state index is 13.6. The molecule has 0 fully saturated rings. The Labute approximate surface area is 146 Å². The Kier molecular flexibility index (Phi) is 4.02. The minimum atomic E-state index is -1.19. The molecule has 0 aliphatic heterocycles. The third-order valence-electron chi connectivity index (χ3n) is 3.86. The van der Waals surface area contributed by atoms with E-state index in [-0.39, 0.29) is 5.82 Å². The van der Waals surface area contributed by atoms with Gasteiger partial charge in [-0.1, -0.05) is 12.1 Å². The van der Waals surface area contributed by atoms with Gasteiger partial charge >= 0.3 is 0 Å². The van der Waals surface area contributed by atoms with Crippen molar-refractivity contribution in [1.82, 2.24) is 20.2 Å². The van der Waals surface area contributed by atoms with E-state index in [2.05, 4.69) is 25.5 Å². The minimum absolute atomic E-state index is 0.0664. The van der Waals surface area contributed by atoms with E-state index in [1.807, 2.05) is 0 Å². The average Bonchev–Trinajstić information content (AvgIpc) is 3.14. The molecule has 1 atom stereocenters. The fourth-order valence-corrected chi connectivity index (χ4v) is 2.59. The number of aliphatic hydroxyl groups is 1. The lowest BCUT2D eigenvalue weighted by atomic mass is 10.1. The smallest absolute Gasteiger partial charge is 0.164 e. The van der Waals surface area contributed by atoms with Crippen molar-refractivity contribution in [1.29, 1.82) is 0 Å². The van der Waals surface area contributed by atoms with Gasteiger partial charge in [-0.05, 0) is 29.8 Å². The monoisotopic (exact) mass is 353 g/mol. The number of fused-ring (bicyclic) bond motifs is 1. The van der Waals surface area contributed by atoms with E-state index < -0.39 is 17.7 Å². The molecule has 1 unspecified atom stereocenters. The highest BCUT2D eigenvalue weighted by atomic mass is 19.1. The van der Waals surface area contributed by atoms with E-state index in [0.29, 0.717) is 28.1 Å². The first-order chi connectivity index (χ1) is 12.6. The van der Waals surface area contributed by atoms with Gasteiger partial charge in [-0.15, -0.1) is 0 Å². The van der Waals surface area contributed by atoms with E-state index in [1.165, 1.54) is 36.4 Å². The summed E-state index contributed by atoms with van der Waals surface area (Å²) in [6.07, 6.45) is 0.380. The zero-order valence-corrected chi connectivity index (χ0v) is 13.3. The highest BCUT2D eigenvalue weighted by Crippen LogP contribution is 2.27. The largest absolute Gasteiger partial charge is 0.380 e. The normalized spacial score (nSPS) is 12.3. The molecule has 0 aliphatic carbocycles. The Morgan fingerprint density at radius 3 is 2.46 bits per heavy atom. The molecule has 8 heteroatoms. The van der Waals surface area contributed by atoms with Crippen LogP contribution in [0, 0.1) is 11.6 Å². The maximum Gasteiger partial charge on any atom is 0.164 e. The molecular formula is C18H13F2N5O. The van der Waals surface area contributed by atoms with E-state index in [4.69, 9.17) is 0 Å². The topological polar surface area (TPSA) is 86.7 Å². The van der Waals surface area contributed by atoms with Crippen LogP contribution in [-0.2, 0) is 0 Å². The Bertz CT molecular complexity index is 1050. The lowest BCUT2D eigenvalue weighted by Gasteiger charge is -2.14. The van der Waals surface area contributed by atoms with Crippen LogP contribution in [0.1, 0.15) is 17.5 Å². The van der Waals surface area contributed by atoms with Crippen LogP contribution < -0.4 is 5.32 Å². The first kappa shape index (κ1) is 16.1. The molecule has 4 aromatic rings. The van der Waals surface area contributed by atoms with Gasteiger partial charge in [0.2, 0.25) is 0 Å². The highest BCUT2D eigenvalue weighted by Gasteiger charge is 2.17. The van der Waals surface area contributed by atoms with Crippen LogP contribution in [0.3, 0.4) is 0 Å². The lowest BCUT2D eigenvalue weighted by Crippen LogP contribution is -2.08. The second-order valence-corrected chi connectivity index (χ2v) is 5.64. The molecule has 0 saturated heterocycles. The number of nitrogens with zero attached hydrogens (tertiary/aromatic N) is 3. The van der Waals surface area contributed by atoms with Gasteiger partial charge in [0, 0.05) is 17.5 Å². The second kappa shape index (κ2) is 6.49. The molecule has 2 aromatic heterocycles. The predicted octanol–water partition coefficient (Wildman–Crippen LogP) is 3.46. The Morgan fingerprint density at radius 2 is 1.73 bits per heavy atom. The maximum atomic E-state index is 13.6. The first-order valence-electron chi connectivity index (χ1n) is 7.77. The molecular weight excluding hydrogens is 340 g/mol. The number of H-pyrrole nitrogens is 1. The summed E-state index contributed by atoms with van der Waals surface area (Å²) in [5.74, 6) is 0.165. The Morgan fingerprint density at radius 1 is 0.962 bits per heavy atom. The van der Waals surface area contributed by atoms with Crippen molar-refractivity contribution in [3.05, 3.63) is 77.8 Å². The number of hydrogen-bond acceptors (Lipinski definition) is 5. The van der Waals surface area contributed by atoms with Gasteiger partial charge in [0.05, 0.1) is 11.7 Å². The van der Waals surface area contributed by atoms with Gasteiger partial charge in [-0.2, -0.15) is 5.10 Å². The summed E-state index contributed by atoms with van der Waals surface area (Å²) in [7, 11) is 0. The van der Waals surface area contributed by atoms with Crippen molar-refractivity contribution in [2.24, 2.45) is 0 Å². The van der Waals surface area contributed by atoms with Crippen LogP contribution in [-0.4, -0.2) is 25.3 Å². The molecule has 130 valence electrons. The third kappa shape index (κ3) is 3.09. The summed E-state index contributed by atoms with van der Waals surface area (Å²) in [5, 5.41) is 20.8. The number of hydrogen-bond donors (Lipinski definition) is 3. The molecule has 3 N–H and O–H groups in total. The molecule has 0 aliphatic rings. The number of aromatic amines is 1. The zero-order chi connectivity index (χ0) is 18.1. The molecule has 6 nitrogen and oxygen atoms in total. The summed E-state index contributed by atoms with van der Waals surface area (Å²) in [5.41, 5.74) is 0.757. The van der Waals surface area contributed by atoms with Gasteiger partial charge in [0.15, 0.2) is 5.82 Å². The van der Waals surface area contributed by atoms with Gasteiger partial charge in [0.25, 0.3) is 0 Å². The van der Waals surface area contributed by atoms with Crippen LogP contribution in [0.4, 0.5) is 20.4 Å². The highest BCUT2D eigenvalue weighted by molar-refractivity contribution is 5.90. The molecule has 0 spiro atoms. The van der Waals surface area contributed by atoms with Crippen LogP contribution in [0.5, 0.6) is 0 Å². The number of nitrogens with one attached hydrogen (secondary N) is 2. The summed E-state index contributed by atoms with van der Waals surface area (Å²) in [6, 6.07) is 11.2. The molecule has 26 heavy (non-hydrogen) atoms. The SMILES string of the molecule is OC(c1ccc(F)cc1)c1nc(Nc2ccn[nH]2)c2ccc(F)cc2n1. The third-order valence-corrected chi connectivity index (χ3v) is 3.86. The van der Waals surface area contributed by atoms with Crippen molar-refractivity contribution in [2.45, 2.75) is 6.10 Å². The van der Waals surface area contributed by atoms with Gasteiger partial charge in [0.1, 0.15) is 29.4 Å². The van der Waals surface area contributed by atoms with Gasteiger partial charge in [-0.3, -0.25) is 5.10 Å². The van der Waals surface area contributed by atoms with Crippen molar-refractivity contribution < 1.29 is 13.9 Å². The van der Waals surface area contributed by atoms with E-state index in [0.717, 1.165) is 0 Å². The number of benzene rings is 2. The van der Waals surface area contributed by atoms with Gasteiger partial charge < -0.3 is 10.4 Å². The van der Waals surface area contributed by atoms with Crippen LogP contribution in [0.2, 0.25) is 0 Å². The fraction of sp³-hybridized carbons (Fsp3) is 0.0556. The van der Waals surface area contributed by atoms with E-state index in [1.54, 1.807) is 18.3 Å². The number of aromatic nitrogens is 4. The summed E-state index contributed by atoms with van der Waals surface area (Å²) < 4.78 is 26.8. The zero-order valence-electron chi connectivity index (χ0n) is 13.3.